The van der Waals surface area contributed by atoms with Gasteiger partial charge in [-0.15, -0.1) is 0 Å². The minimum atomic E-state index is -0.469. The Morgan fingerprint density at radius 1 is 1.21 bits per heavy atom. The second kappa shape index (κ2) is 6.18. The van der Waals surface area contributed by atoms with Gasteiger partial charge in [-0.05, 0) is 40.2 Å². The molecule has 96 valence electrons. The molecule has 0 unspecified atom stereocenters. The molecular weight excluding hydrogens is 375 g/mol. The third kappa shape index (κ3) is 3.34. The second-order valence-electron chi connectivity index (χ2n) is 3.87. The summed E-state index contributed by atoms with van der Waals surface area (Å²) in [5, 5.41) is 11.9. The van der Waals surface area contributed by atoms with Crippen molar-refractivity contribution in [2.75, 3.05) is 5.32 Å². The molecule has 0 aliphatic rings. The summed E-state index contributed by atoms with van der Waals surface area (Å²) in [4.78, 5) is 0. The number of hydrogen-bond donors (Lipinski definition) is 1. The van der Waals surface area contributed by atoms with Crippen molar-refractivity contribution in [2.24, 2.45) is 0 Å². The highest BCUT2D eigenvalue weighted by Gasteiger charge is 2.08. The van der Waals surface area contributed by atoms with Crippen LogP contribution in [0, 0.1) is 17.1 Å². The Labute approximate surface area is 127 Å². The van der Waals surface area contributed by atoms with Crippen LogP contribution in [0.25, 0.3) is 0 Å². The highest BCUT2D eigenvalue weighted by atomic mass is 79.9. The first kappa shape index (κ1) is 14.0. The van der Waals surface area contributed by atoms with Gasteiger partial charge in [0, 0.05) is 26.7 Å². The first-order chi connectivity index (χ1) is 9.11. The van der Waals surface area contributed by atoms with Gasteiger partial charge < -0.3 is 5.32 Å². The number of nitriles is 1. The van der Waals surface area contributed by atoms with Gasteiger partial charge in [-0.3, -0.25) is 0 Å². The summed E-state index contributed by atoms with van der Waals surface area (Å²) >= 11 is 6.80. The number of hydrogen-bond acceptors (Lipinski definition) is 2. The minimum absolute atomic E-state index is 0.0626. The summed E-state index contributed by atoms with van der Waals surface area (Å²) in [5.41, 5.74) is 1.38. The molecule has 0 atom stereocenters. The van der Waals surface area contributed by atoms with Crippen LogP contribution in [-0.4, -0.2) is 0 Å². The predicted molar refractivity (Wildman–Crippen MR) is 80.3 cm³/mol. The Morgan fingerprint density at radius 2 is 2.00 bits per heavy atom. The Morgan fingerprint density at radius 3 is 2.74 bits per heavy atom. The third-order valence-electron chi connectivity index (χ3n) is 2.60. The standard InChI is InChI=1S/C14H9Br2FN2/c15-11-4-5-12(16)13(6-11)19-8-10-3-1-2-9(7-18)14(10)17/h1-6,19H,8H2. The van der Waals surface area contributed by atoms with Crippen LogP contribution in [-0.2, 0) is 6.54 Å². The Balaban J connectivity index is 2.20. The highest BCUT2D eigenvalue weighted by Crippen LogP contribution is 2.27. The van der Waals surface area contributed by atoms with E-state index in [4.69, 9.17) is 5.26 Å². The van der Waals surface area contributed by atoms with Gasteiger partial charge in [-0.2, -0.15) is 5.26 Å². The molecule has 0 saturated carbocycles. The maximum atomic E-state index is 13.9. The lowest BCUT2D eigenvalue weighted by Gasteiger charge is -2.10. The maximum Gasteiger partial charge on any atom is 0.145 e. The van der Waals surface area contributed by atoms with E-state index in [0.29, 0.717) is 12.1 Å². The van der Waals surface area contributed by atoms with E-state index in [1.165, 1.54) is 6.07 Å². The largest absolute Gasteiger partial charge is 0.380 e. The zero-order chi connectivity index (χ0) is 13.8. The van der Waals surface area contributed by atoms with Crippen LogP contribution in [0.1, 0.15) is 11.1 Å². The smallest absolute Gasteiger partial charge is 0.145 e. The van der Waals surface area contributed by atoms with Gasteiger partial charge >= 0.3 is 0 Å². The molecule has 2 nitrogen and oxygen atoms in total. The topological polar surface area (TPSA) is 35.8 Å². The molecule has 2 rings (SSSR count). The first-order valence-electron chi connectivity index (χ1n) is 5.48. The van der Waals surface area contributed by atoms with Gasteiger partial charge in [0.25, 0.3) is 0 Å². The fourth-order valence-corrected chi connectivity index (χ4v) is 2.37. The lowest BCUT2D eigenvalue weighted by atomic mass is 10.1. The van der Waals surface area contributed by atoms with Gasteiger partial charge in [0.05, 0.1) is 5.56 Å². The van der Waals surface area contributed by atoms with E-state index in [1.807, 2.05) is 24.3 Å². The Kier molecular flexibility index (Phi) is 4.56. The van der Waals surface area contributed by atoms with Crippen molar-refractivity contribution in [2.45, 2.75) is 6.54 Å². The summed E-state index contributed by atoms with van der Waals surface area (Å²) in [6, 6.07) is 12.3. The zero-order valence-corrected chi connectivity index (χ0v) is 12.9. The molecule has 1 N–H and O–H groups in total. The Hall–Kier alpha value is -1.38. The number of benzene rings is 2. The molecule has 0 spiro atoms. The molecule has 19 heavy (non-hydrogen) atoms. The van der Waals surface area contributed by atoms with Crippen LogP contribution in [0.3, 0.4) is 0 Å². The molecule has 5 heteroatoms. The van der Waals surface area contributed by atoms with Crippen molar-refractivity contribution in [3.8, 4) is 6.07 Å². The molecule has 2 aromatic rings. The quantitative estimate of drug-likeness (QED) is 0.823. The van der Waals surface area contributed by atoms with Crippen molar-refractivity contribution < 1.29 is 4.39 Å². The summed E-state index contributed by atoms with van der Waals surface area (Å²) in [5.74, 6) is -0.469. The number of anilines is 1. The number of rotatable bonds is 3. The monoisotopic (exact) mass is 382 g/mol. The van der Waals surface area contributed by atoms with Crippen molar-refractivity contribution in [3.05, 3.63) is 62.3 Å². The third-order valence-corrected chi connectivity index (χ3v) is 3.78. The first-order valence-corrected chi connectivity index (χ1v) is 7.07. The zero-order valence-electron chi connectivity index (χ0n) is 9.75. The van der Waals surface area contributed by atoms with Crippen LogP contribution in [0.5, 0.6) is 0 Å². The van der Waals surface area contributed by atoms with Crippen LogP contribution < -0.4 is 5.32 Å². The lowest BCUT2D eigenvalue weighted by Crippen LogP contribution is -2.03. The minimum Gasteiger partial charge on any atom is -0.380 e. The maximum absolute atomic E-state index is 13.9. The Bertz CT molecular complexity index is 650. The number of halogens is 3. The average molecular weight is 384 g/mol. The molecule has 0 saturated heterocycles. The average Bonchev–Trinajstić information content (AvgIpc) is 2.41. The molecule has 0 aromatic heterocycles. The van der Waals surface area contributed by atoms with Gasteiger partial charge in [-0.1, -0.05) is 28.1 Å². The highest BCUT2D eigenvalue weighted by molar-refractivity contribution is 9.11. The van der Waals surface area contributed by atoms with Gasteiger partial charge in [0.2, 0.25) is 0 Å². The molecule has 0 aliphatic carbocycles. The van der Waals surface area contributed by atoms with Crippen molar-refractivity contribution >= 4 is 37.5 Å². The SMILES string of the molecule is N#Cc1cccc(CNc2cc(Br)ccc2Br)c1F. The van der Waals surface area contributed by atoms with Crippen LogP contribution in [0.15, 0.2) is 45.3 Å². The van der Waals surface area contributed by atoms with E-state index < -0.39 is 5.82 Å². The normalized spacial score (nSPS) is 10.0. The fourth-order valence-electron chi connectivity index (χ4n) is 1.63. The van der Waals surface area contributed by atoms with Crippen LogP contribution >= 0.6 is 31.9 Å². The van der Waals surface area contributed by atoms with E-state index in [9.17, 15) is 4.39 Å². The molecule has 0 fully saturated rings. The number of nitrogens with one attached hydrogen (secondary N) is 1. The van der Waals surface area contributed by atoms with Crippen molar-refractivity contribution in [1.82, 2.24) is 0 Å². The van der Waals surface area contributed by atoms with Crippen LogP contribution in [0.4, 0.5) is 10.1 Å². The van der Waals surface area contributed by atoms with Crippen molar-refractivity contribution in [1.29, 1.82) is 5.26 Å². The second-order valence-corrected chi connectivity index (χ2v) is 5.64. The van der Waals surface area contributed by atoms with Crippen molar-refractivity contribution in [3.63, 3.8) is 0 Å². The summed E-state index contributed by atoms with van der Waals surface area (Å²) in [6.45, 7) is 0.316. The summed E-state index contributed by atoms with van der Waals surface area (Å²) < 4.78 is 15.7. The predicted octanol–water partition coefficient (Wildman–Crippen LogP) is 4.83. The van der Waals surface area contributed by atoms with E-state index >= 15 is 0 Å². The molecule has 0 radical (unpaired) electrons. The molecular formula is C14H9Br2FN2. The summed E-state index contributed by atoms with van der Waals surface area (Å²) in [7, 11) is 0. The van der Waals surface area contributed by atoms with E-state index in [1.54, 1.807) is 12.1 Å². The molecule has 0 heterocycles. The lowest BCUT2D eigenvalue weighted by molar-refractivity contribution is 0.609. The van der Waals surface area contributed by atoms with E-state index in [2.05, 4.69) is 37.2 Å². The van der Waals surface area contributed by atoms with Crippen LogP contribution in [0.2, 0.25) is 0 Å². The van der Waals surface area contributed by atoms with Gasteiger partial charge in [0.15, 0.2) is 0 Å². The molecule has 0 amide bonds. The fraction of sp³-hybridized carbons (Fsp3) is 0.0714. The summed E-state index contributed by atoms with van der Waals surface area (Å²) in [6.07, 6.45) is 0. The molecule has 2 aromatic carbocycles. The number of nitrogens with zero attached hydrogens (tertiary/aromatic N) is 1. The van der Waals surface area contributed by atoms with E-state index in [-0.39, 0.29) is 5.56 Å². The van der Waals surface area contributed by atoms with Gasteiger partial charge in [0.1, 0.15) is 11.9 Å². The molecule has 0 aliphatic heterocycles. The van der Waals surface area contributed by atoms with Gasteiger partial charge in [-0.25, -0.2) is 4.39 Å². The molecule has 0 bridgehead atoms. The van der Waals surface area contributed by atoms with E-state index in [0.717, 1.165) is 14.6 Å².